The first-order chi connectivity index (χ1) is 15.6. The number of ether oxygens (including phenoxy) is 2. The number of rotatable bonds is 7. The molecule has 33 heavy (non-hydrogen) atoms. The number of nitrogens with zero attached hydrogens (tertiary/aromatic N) is 3. The van der Waals surface area contributed by atoms with Crippen LogP contribution in [0.15, 0.2) is 28.8 Å². The van der Waals surface area contributed by atoms with Crippen LogP contribution in [0.2, 0.25) is 0 Å². The van der Waals surface area contributed by atoms with Crippen molar-refractivity contribution in [3.05, 3.63) is 35.7 Å². The van der Waals surface area contributed by atoms with E-state index in [0.29, 0.717) is 48.8 Å². The average molecular weight is 461 g/mol. The largest absolute Gasteiger partial charge is 0.444 e. The minimum Gasteiger partial charge on any atom is -0.444 e. The predicted molar refractivity (Wildman–Crippen MR) is 119 cm³/mol. The van der Waals surface area contributed by atoms with Gasteiger partial charge in [-0.3, -0.25) is 4.79 Å². The monoisotopic (exact) mass is 460 g/mol. The fraction of sp³-hybridized carbons (Fsp3) is 0.565. The lowest BCUT2D eigenvalue weighted by Crippen LogP contribution is -2.43. The third-order valence-electron chi connectivity index (χ3n) is 5.06. The number of carbonyl (C=O) groups is 2. The Labute approximate surface area is 193 Å². The minimum absolute atomic E-state index is 0.00439. The van der Waals surface area contributed by atoms with Crippen LogP contribution in [0.5, 0.6) is 0 Å². The van der Waals surface area contributed by atoms with Crippen molar-refractivity contribution in [3.8, 4) is 11.5 Å². The van der Waals surface area contributed by atoms with Gasteiger partial charge in [0.25, 0.3) is 11.8 Å². The highest BCUT2D eigenvalue weighted by Gasteiger charge is 2.27. The molecule has 2 amide bonds. The van der Waals surface area contributed by atoms with Gasteiger partial charge in [-0.15, -0.1) is 0 Å². The summed E-state index contributed by atoms with van der Waals surface area (Å²) in [5.41, 5.74) is 0.650. The maximum Gasteiger partial charge on any atom is 0.410 e. The van der Waals surface area contributed by atoms with Crippen LogP contribution >= 0.6 is 0 Å². The molecule has 1 aromatic heterocycles. The molecule has 0 saturated carbocycles. The zero-order chi connectivity index (χ0) is 24.0. The molecule has 180 valence electrons. The van der Waals surface area contributed by atoms with E-state index in [9.17, 15) is 9.59 Å². The van der Waals surface area contributed by atoms with Crippen LogP contribution in [-0.4, -0.2) is 69.6 Å². The number of aliphatic hydroxyl groups excluding tert-OH is 1. The summed E-state index contributed by atoms with van der Waals surface area (Å²) < 4.78 is 16.6. The quantitative estimate of drug-likeness (QED) is 0.646. The highest BCUT2D eigenvalue weighted by molar-refractivity contribution is 5.94. The van der Waals surface area contributed by atoms with E-state index >= 15 is 0 Å². The molecule has 2 aromatic rings. The van der Waals surface area contributed by atoms with Gasteiger partial charge in [0, 0.05) is 30.3 Å². The van der Waals surface area contributed by atoms with E-state index in [1.807, 2.05) is 20.8 Å². The van der Waals surface area contributed by atoms with Crippen molar-refractivity contribution < 1.29 is 28.7 Å². The van der Waals surface area contributed by atoms with E-state index in [2.05, 4.69) is 15.5 Å². The van der Waals surface area contributed by atoms with Crippen molar-refractivity contribution in [1.82, 2.24) is 20.4 Å². The molecule has 1 fully saturated rings. The molecule has 1 saturated heterocycles. The molecular formula is C23H32N4O6. The number of aliphatic hydroxyl groups is 1. The molecule has 10 heteroatoms. The Balaban J connectivity index is 1.47. The van der Waals surface area contributed by atoms with Crippen molar-refractivity contribution >= 4 is 12.0 Å². The van der Waals surface area contributed by atoms with E-state index in [-0.39, 0.29) is 37.4 Å². The summed E-state index contributed by atoms with van der Waals surface area (Å²) in [6.07, 6.45) is 1.13. The normalized spacial score (nSPS) is 15.8. The molecule has 1 atom stereocenters. The van der Waals surface area contributed by atoms with Crippen LogP contribution in [0.25, 0.3) is 11.5 Å². The smallest absolute Gasteiger partial charge is 0.410 e. The fourth-order valence-corrected chi connectivity index (χ4v) is 3.27. The van der Waals surface area contributed by atoms with E-state index < -0.39 is 5.60 Å². The number of amides is 2. The number of hydrogen-bond donors (Lipinski definition) is 2. The summed E-state index contributed by atoms with van der Waals surface area (Å²) in [6.45, 7) is 8.51. The molecule has 0 radical (unpaired) electrons. The van der Waals surface area contributed by atoms with Crippen molar-refractivity contribution in [2.45, 2.75) is 64.9 Å². The van der Waals surface area contributed by atoms with Crippen molar-refractivity contribution in [2.75, 3.05) is 19.7 Å². The first-order valence-electron chi connectivity index (χ1n) is 11.1. The SMILES string of the molecule is C[C@@H](CO)NC(=O)c1ccc(-c2nc(COC3CCN(C(=O)OC(C)(C)C)CC3)no2)cc1. The third-order valence-corrected chi connectivity index (χ3v) is 5.06. The Hall–Kier alpha value is -2.98. The fourth-order valence-electron chi connectivity index (χ4n) is 3.27. The van der Waals surface area contributed by atoms with E-state index in [1.165, 1.54) is 0 Å². The Morgan fingerprint density at radius 3 is 2.52 bits per heavy atom. The van der Waals surface area contributed by atoms with Gasteiger partial charge >= 0.3 is 6.09 Å². The van der Waals surface area contributed by atoms with Gasteiger partial charge in [-0.2, -0.15) is 4.98 Å². The number of benzene rings is 1. The van der Waals surface area contributed by atoms with Gasteiger partial charge in [-0.25, -0.2) is 4.79 Å². The molecule has 0 spiro atoms. The van der Waals surface area contributed by atoms with Gasteiger partial charge in [0.05, 0.1) is 12.7 Å². The topological polar surface area (TPSA) is 127 Å². The second-order valence-corrected chi connectivity index (χ2v) is 9.13. The van der Waals surface area contributed by atoms with Crippen molar-refractivity contribution in [2.24, 2.45) is 0 Å². The van der Waals surface area contributed by atoms with Gasteiger partial charge in [0.1, 0.15) is 12.2 Å². The predicted octanol–water partition coefficient (Wildman–Crippen LogP) is 2.76. The average Bonchev–Trinajstić information content (AvgIpc) is 3.26. The van der Waals surface area contributed by atoms with Crippen LogP contribution in [0.4, 0.5) is 4.79 Å². The van der Waals surface area contributed by atoms with Gasteiger partial charge in [-0.1, -0.05) is 5.16 Å². The maximum atomic E-state index is 12.2. The summed E-state index contributed by atoms with van der Waals surface area (Å²) in [4.78, 5) is 30.3. The minimum atomic E-state index is -0.508. The van der Waals surface area contributed by atoms with Crippen LogP contribution < -0.4 is 5.32 Å². The highest BCUT2D eigenvalue weighted by Crippen LogP contribution is 2.20. The molecule has 0 bridgehead atoms. The van der Waals surface area contributed by atoms with E-state index in [1.54, 1.807) is 36.1 Å². The molecule has 0 aliphatic carbocycles. The van der Waals surface area contributed by atoms with Gasteiger partial charge < -0.3 is 29.3 Å². The van der Waals surface area contributed by atoms with Gasteiger partial charge in [0.15, 0.2) is 5.82 Å². The first kappa shape index (κ1) is 24.7. The Morgan fingerprint density at radius 1 is 1.24 bits per heavy atom. The van der Waals surface area contributed by atoms with Crippen LogP contribution in [0.3, 0.4) is 0 Å². The van der Waals surface area contributed by atoms with Crippen LogP contribution in [0.1, 0.15) is 56.7 Å². The molecule has 2 heterocycles. The van der Waals surface area contributed by atoms with E-state index in [4.69, 9.17) is 19.1 Å². The molecule has 2 N–H and O–H groups in total. The molecular weight excluding hydrogens is 428 g/mol. The maximum absolute atomic E-state index is 12.2. The van der Waals surface area contributed by atoms with Crippen LogP contribution in [-0.2, 0) is 16.1 Å². The summed E-state index contributed by atoms with van der Waals surface area (Å²) in [5.74, 6) is 0.502. The zero-order valence-electron chi connectivity index (χ0n) is 19.5. The van der Waals surface area contributed by atoms with E-state index in [0.717, 1.165) is 0 Å². The molecule has 3 rings (SSSR count). The van der Waals surface area contributed by atoms with Gasteiger partial charge in [0.2, 0.25) is 0 Å². The second-order valence-electron chi connectivity index (χ2n) is 9.13. The number of aromatic nitrogens is 2. The molecule has 1 aliphatic heterocycles. The lowest BCUT2D eigenvalue weighted by atomic mass is 10.1. The number of piperidine rings is 1. The second kappa shape index (κ2) is 10.8. The number of carbonyl (C=O) groups excluding carboxylic acids is 2. The molecule has 0 unspecified atom stereocenters. The lowest BCUT2D eigenvalue weighted by Gasteiger charge is -2.33. The summed E-state index contributed by atoms with van der Waals surface area (Å²) in [5, 5.41) is 15.7. The standard InChI is InChI=1S/C23H32N4O6/c1-15(13-28)24-20(29)16-5-7-17(8-6-16)21-25-19(26-33-21)14-31-18-9-11-27(12-10-18)22(30)32-23(2,3)4/h5-8,15,18,28H,9-14H2,1-4H3,(H,24,29)/t15-/m0/s1. The van der Waals surface area contributed by atoms with Crippen molar-refractivity contribution in [3.63, 3.8) is 0 Å². The summed E-state index contributed by atoms with van der Waals surface area (Å²) >= 11 is 0. The third kappa shape index (κ3) is 7.26. The van der Waals surface area contributed by atoms with Crippen LogP contribution in [0, 0.1) is 0 Å². The number of nitrogens with one attached hydrogen (secondary N) is 1. The Kier molecular flexibility index (Phi) is 8.04. The summed E-state index contributed by atoms with van der Waals surface area (Å²) in [7, 11) is 0. The lowest BCUT2D eigenvalue weighted by molar-refractivity contribution is -0.0190. The Morgan fingerprint density at radius 2 is 1.91 bits per heavy atom. The number of hydrogen-bond acceptors (Lipinski definition) is 8. The molecule has 10 nitrogen and oxygen atoms in total. The van der Waals surface area contributed by atoms with Gasteiger partial charge in [-0.05, 0) is 64.8 Å². The van der Waals surface area contributed by atoms with Crippen molar-refractivity contribution in [1.29, 1.82) is 0 Å². The first-order valence-corrected chi connectivity index (χ1v) is 11.1. The molecule has 1 aliphatic rings. The Bertz CT molecular complexity index is 929. The summed E-state index contributed by atoms with van der Waals surface area (Å²) in [6, 6.07) is 6.45. The highest BCUT2D eigenvalue weighted by atomic mass is 16.6. The zero-order valence-corrected chi connectivity index (χ0v) is 19.5. The molecule has 1 aromatic carbocycles. The number of likely N-dealkylation sites (tertiary alicyclic amines) is 1.